The summed E-state index contributed by atoms with van der Waals surface area (Å²) in [7, 11) is 0. The lowest BCUT2D eigenvalue weighted by Crippen LogP contribution is -2.32. The van der Waals surface area contributed by atoms with Gasteiger partial charge in [-0.2, -0.15) is 0 Å². The van der Waals surface area contributed by atoms with E-state index in [0.717, 1.165) is 43.8 Å². The van der Waals surface area contributed by atoms with Crippen LogP contribution >= 0.6 is 0 Å². The number of ether oxygens (including phenoxy) is 1. The summed E-state index contributed by atoms with van der Waals surface area (Å²) in [4.78, 5) is 4.41. The Morgan fingerprint density at radius 3 is 2.95 bits per heavy atom. The number of para-hydroxylation sites is 1. The fraction of sp³-hybridized carbons (Fsp3) is 0.533. The van der Waals surface area contributed by atoms with E-state index in [4.69, 9.17) is 4.74 Å². The van der Waals surface area contributed by atoms with Gasteiger partial charge in [0.1, 0.15) is 17.9 Å². The predicted octanol–water partition coefficient (Wildman–Crippen LogP) is 2.46. The average Bonchev–Trinajstić information content (AvgIpc) is 2.85. The molecule has 108 valence electrons. The third kappa shape index (κ3) is 2.55. The first kappa shape index (κ1) is 13.5. The van der Waals surface area contributed by atoms with Crippen LogP contribution in [-0.4, -0.2) is 28.7 Å². The zero-order valence-corrected chi connectivity index (χ0v) is 11.7. The highest BCUT2D eigenvalue weighted by atomic mass is 19.1. The fourth-order valence-corrected chi connectivity index (χ4v) is 2.78. The van der Waals surface area contributed by atoms with E-state index in [2.05, 4.69) is 10.3 Å². The number of halogens is 1. The molecule has 1 fully saturated rings. The molecule has 0 saturated carbocycles. The van der Waals surface area contributed by atoms with Crippen molar-refractivity contribution in [1.29, 1.82) is 0 Å². The SMILES string of the molecule is CCn1c(COC2CCNCC2)nc2c(F)cccc21. The quantitative estimate of drug-likeness (QED) is 0.933. The molecule has 1 N–H and O–H groups in total. The van der Waals surface area contributed by atoms with Gasteiger partial charge in [0.25, 0.3) is 0 Å². The number of fused-ring (bicyclic) bond motifs is 1. The molecule has 0 radical (unpaired) electrons. The first-order chi connectivity index (χ1) is 9.79. The molecule has 0 atom stereocenters. The highest BCUT2D eigenvalue weighted by Crippen LogP contribution is 2.20. The second-order valence-corrected chi connectivity index (χ2v) is 5.14. The topological polar surface area (TPSA) is 39.1 Å². The van der Waals surface area contributed by atoms with E-state index in [0.29, 0.717) is 12.1 Å². The second kappa shape index (κ2) is 5.89. The molecule has 1 aromatic carbocycles. The number of aryl methyl sites for hydroxylation is 1. The molecule has 2 aromatic rings. The summed E-state index contributed by atoms with van der Waals surface area (Å²) >= 11 is 0. The Hall–Kier alpha value is -1.46. The van der Waals surface area contributed by atoms with E-state index in [-0.39, 0.29) is 11.9 Å². The molecule has 0 amide bonds. The van der Waals surface area contributed by atoms with Crippen molar-refractivity contribution in [3.8, 4) is 0 Å². The number of aromatic nitrogens is 2. The standard InChI is InChI=1S/C15H20FN3O/c1-2-19-13-5-3-4-12(16)15(13)18-14(19)10-20-11-6-8-17-9-7-11/h3-5,11,17H,2,6-10H2,1H3. The lowest BCUT2D eigenvalue weighted by Gasteiger charge is -2.22. The number of hydrogen-bond donors (Lipinski definition) is 1. The molecule has 0 spiro atoms. The molecule has 2 heterocycles. The molecule has 1 saturated heterocycles. The average molecular weight is 277 g/mol. The Morgan fingerprint density at radius 2 is 2.20 bits per heavy atom. The van der Waals surface area contributed by atoms with Gasteiger partial charge in [-0.15, -0.1) is 0 Å². The van der Waals surface area contributed by atoms with Crippen molar-refractivity contribution in [2.24, 2.45) is 0 Å². The van der Waals surface area contributed by atoms with Crippen LogP contribution in [-0.2, 0) is 17.9 Å². The van der Waals surface area contributed by atoms with Gasteiger partial charge in [-0.25, -0.2) is 9.37 Å². The van der Waals surface area contributed by atoms with E-state index >= 15 is 0 Å². The van der Waals surface area contributed by atoms with Gasteiger partial charge in [0.05, 0.1) is 11.6 Å². The summed E-state index contributed by atoms with van der Waals surface area (Å²) < 4.78 is 21.7. The number of benzene rings is 1. The minimum atomic E-state index is -0.266. The normalized spacial score (nSPS) is 16.9. The van der Waals surface area contributed by atoms with Gasteiger partial charge in [-0.05, 0) is 45.0 Å². The lowest BCUT2D eigenvalue weighted by molar-refractivity contribution is 0.0167. The molecular formula is C15H20FN3O. The maximum absolute atomic E-state index is 13.8. The van der Waals surface area contributed by atoms with Crippen LogP contribution in [0.25, 0.3) is 11.0 Å². The monoisotopic (exact) mass is 277 g/mol. The first-order valence-electron chi connectivity index (χ1n) is 7.25. The number of imidazole rings is 1. The Bertz CT molecular complexity index is 590. The van der Waals surface area contributed by atoms with E-state index < -0.39 is 0 Å². The first-order valence-corrected chi connectivity index (χ1v) is 7.25. The summed E-state index contributed by atoms with van der Waals surface area (Å²) in [6, 6.07) is 5.08. The Labute approximate surface area is 117 Å². The van der Waals surface area contributed by atoms with Crippen molar-refractivity contribution < 1.29 is 9.13 Å². The van der Waals surface area contributed by atoms with Crippen molar-refractivity contribution in [2.75, 3.05) is 13.1 Å². The smallest absolute Gasteiger partial charge is 0.151 e. The van der Waals surface area contributed by atoms with Crippen molar-refractivity contribution in [3.63, 3.8) is 0 Å². The predicted molar refractivity (Wildman–Crippen MR) is 76.0 cm³/mol. The molecule has 5 heteroatoms. The Balaban J connectivity index is 1.81. The highest BCUT2D eigenvalue weighted by molar-refractivity contribution is 5.76. The second-order valence-electron chi connectivity index (χ2n) is 5.14. The number of hydrogen-bond acceptors (Lipinski definition) is 3. The fourth-order valence-electron chi connectivity index (χ4n) is 2.78. The van der Waals surface area contributed by atoms with Crippen LogP contribution in [0.3, 0.4) is 0 Å². The molecule has 0 unspecified atom stereocenters. The molecule has 0 bridgehead atoms. The van der Waals surface area contributed by atoms with Crippen LogP contribution in [0, 0.1) is 5.82 Å². The number of piperidine rings is 1. The number of rotatable bonds is 4. The summed E-state index contributed by atoms with van der Waals surface area (Å²) in [5.41, 5.74) is 1.29. The molecule has 4 nitrogen and oxygen atoms in total. The van der Waals surface area contributed by atoms with Gasteiger partial charge in [-0.3, -0.25) is 0 Å². The zero-order chi connectivity index (χ0) is 13.9. The third-order valence-electron chi connectivity index (χ3n) is 3.86. The lowest BCUT2D eigenvalue weighted by atomic mass is 10.1. The minimum absolute atomic E-state index is 0.266. The molecule has 1 aromatic heterocycles. The number of nitrogens with zero attached hydrogens (tertiary/aromatic N) is 2. The van der Waals surface area contributed by atoms with Gasteiger partial charge >= 0.3 is 0 Å². The maximum Gasteiger partial charge on any atom is 0.151 e. The molecule has 1 aliphatic heterocycles. The van der Waals surface area contributed by atoms with Crippen LogP contribution in [0.5, 0.6) is 0 Å². The van der Waals surface area contributed by atoms with Crippen LogP contribution in [0.2, 0.25) is 0 Å². The Morgan fingerprint density at radius 1 is 1.40 bits per heavy atom. The largest absolute Gasteiger partial charge is 0.370 e. The van der Waals surface area contributed by atoms with Gasteiger partial charge < -0.3 is 14.6 Å². The Kier molecular flexibility index (Phi) is 3.98. The van der Waals surface area contributed by atoms with Crippen molar-refractivity contribution in [3.05, 3.63) is 29.8 Å². The van der Waals surface area contributed by atoms with Crippen molar-refractivity contribution in [1.82, 2.24) is 14.9 Å². The van der Waals surface area contributed by atoms with Crippen LogP contribution in [0.4, 0.5) is 4.39 Å². The van der Waals surface area contributed by atoms with E-state index in [1.54, 1.807) is 6.07 Å². The molecule has 3 rings (SSSR count). The molecule has 1 aliphatic rings. The van der Waals surface area contributed by atoms with E-state index in [9.17, 15) is 4.39 Å². The van der Waals surface area contributed by atoms with Crippen LogP contribution < -0.4 is 5.32 Å². The summed E-state index contributed by atoms with van der Waals surface area (Å²) in [5, 5.41) is 3.31. The van der Waals surface area contributed by atoms with Crippen LogP contribution in [0.15, 0.2) is 18.2 Å². The maximum atomic E-state index is 13.8. The summed E-state index contributed by atoms with van der Waals surface area (Å²) in [6.07, 6.45) is 2.34. The minimum Gasteiger partial charge on any atom is -0.370 e. The third-order valence-corrected chi connectivity index (χ3v) is 3.86. The highest BCUT2D eigenvalue weighted by Gasteiger charge is 2.17. The number of nitrogens with one attached hydrogen (secondary N) is 1. The van der Waals surface area contributed by atoms with E-state index in [1.807, 2.05) is 17.6 Å². The summed E-state index contributed by atoms with van der Waals surface area (Å²) in [6.45, 7) is 5.27. The molecule has 0 aliphatic carbocycles. The zero-order valence-electron chi connectivity index (χ0n) is 11.7. The summed E-state index contributed by atoms with van der Waals surface area (Å²) in [5.74, 6) is 0.545. The van der Waals surface area contributed by atoms with Gasteiger partial charge in [0, 0.05) is 6.54 Å². The van der Waals surface area contributed by atoms with Crippen molar-refractivity contribution in [2.45, 2.75) is 39.0 Å². The van der Waals surface area contributed by atoms with Gasteiger partial charge in [0.15, 0.2) is 5.82 Å². The van der Waals surface area contributed by atoms with Gasteiger partial charge in [-0.1, -0.05) is 6.07 Å². The van der Waals surface area contributed by atoms with Gasteiger partial charge in [0.2, 0.25) is 0 Å². The van der Waals surface area contributed by atoms with Crippen molar-refractivity contribution >= 4 is 11.0 Å². The molecule has 20 heavy (non-hydrogen) atoms. The van der Waals surface area contributed by atoms with E-state index in [1.165, 1.54) is 6.07 Å². The van der Waals surface area contributed by atoms with Crippen LogP contribution in [0.1, 0.15) is 25.6 Å². The molecular weight excluding hydrogens is 257 g/mol.